The van der Waals surface area contributed by atoms with E-state index in [4.69, 9.17) is 9.26 Å². The van der Waals surface area contributed by atoms with Crippen molar-refractivity contribution in [3.05, 3.63) is 60.0 Å². The van der Waals surface area contributed by atoms with Crippen LogP contribution < -0.4 is 10.1 Å². The van der Waals surface area contributed by atoms with Crippen LogP contribution in [0.4, 0.5) is 10.1 Å². The summed E-state index contributed by atoms with van der Waals surface area (Å²) in [6, 6.07) is 10.9. The summed E-state index contributed by atoms with van der Waals surface area (Å²) in [4.78, 5) is 16.6. The summed E-state index contributed by atoms with van der Waals surface area (Å²) < 4.78 is 25.1. The van der Waals surface area contributed by atoms with Crippen molar-refractivity contribution in [3.63, 3.8) is 0 Å². The van der Waals surface area contributed by atoms with Gasteiger partial charge in [-0.1, -0.05) is 5.16 Å². The number of halogens is 1. The lowest BCUT2D eigenvalue weighted by Crippen LogP contribution is -2.13. The lowest BCUT2D eigenvalue weighted by molar-refractivity contribution is -0.116. The number of nitrogens with one attached hydrogen (secondary N) is 1. The molecule has 31 heavy (non-hydrogen) atoms. The predicted octanol–water partition coefficient (Wildman–Crippen LogP) is 2.74. The highest BCUT2D eigenvalue weighted by Crippen LogP contribution is 2.26. The first-order valence-electron chi connectivity index (χ1n) is 9.35. The fourth-order valence-corrected chi connectivity index (χ4v) is 2.90. The molecule has 1 N–H and O–H groups in total. The molecule has 0 radical (unpaired) electrons. The first-order valence-corrected chi connectivity index (χ1v) is 9.35. The molecule has 2 heterocycles. The number of hydrogen-bond acceptors (Lipinski definition) is 8. The van der Waals surface area contributed by atoms with E-state index in [1.165, 1.54) is 16.8 Å². The van der Waals surface area contributed by atoms with Crippen LogP contribution in [0.15, 0.2) is 47.0 Å². The Hall–Kier alpha value is -4.15. The summed E-state index contributed by atoms with van der Waals surface area (Å²) in [5.74, 6) is 1.22. The van der Waals surface area contributed by atoms with Crippen LogP contribution in [0.2, 0.25) is 0 Å². The number of rotatable bonds is 7. The Morgan fingerprint density at radius 2 is 2.03 bits per heavy atom. The van der Waals surface area contributed by atoms with E-state index in [2.05, 4.69) is 31.0 Å². The van der Waals surface area contributed by atoms with Gasteiger partial charge in [0.2, 0.25) is 17.6 Å². The van der Waals surface area contributed by atoms with E-state index in [0.29, 0.717) is 40.2 Å². The lowest BCUT2D eigenvalue weighted by Gasteiger charge is -2.11. The van der Waals surface area contributed by atoms with Crippen molar-refractivity contribution in [2.75, 3.05) is 12.4 Å². The van der Waals surface area contributed by atoms with E-state index in [9.17, 15) is 9.18 Å². The third-order valence-electron chi connectivity index (χ3n) is 4.45. The van der Waals surface area contributed by atoms with Gasteiger partial charge in [-0.15, -0.1) is 5.10 Å². The molecule has 11 heteroatoms. The second-order valence-corrected chi connectivity index (χ2v) is 6.59. The molecule has 0 saturated carbocycles. The van der Waals surface area contributed by atoms with E-state index < -0.39 is 0 Å². The standard InChI is InChI=1S/C20H18FN7O3/c1-12-24-26-27-28(12)16-11-15(7-8-17(16)30-2)22-18(29)9-10-19-23-20(25-31-19)13-3-5-14(21)6-4-13/h3-8,11H,9-10H2,1-2H3,(H,22,29). The van der Waals surface area contributed by atoms with Crippen LogP contribution >= 0.6 is 0 Å². The zero-order valence-corrected chi connectivity index (χ0v) is 16.7. The average molecular weight is 423 g/mol. The second kappa shape index (κ2) is 8.69. The number of ether oxygens (including phenoxy) is 1. The number of carbonyl (C=O) groups is 1. The van der Waals surface area contributed by atoms with Crippen LogP contribution in [0.3, 0.4) is 0 Å². The number of tetrazole rings is 1. The maximum Gasteiger partial charge on any atom is 0.227 e. The van der Waals surface area contributed by atoms with Crippen molar-refractivity contribution in [3.8, 4) is 22.8 Å². The molecule has 2 aromatic heterocycles. The Bertz CT molecular complexity index is 1200. The molecule has 1 amide bonds. The highest BCUT2D eigenvalue weighted by atomic mass is 19.1. The van der Waals surface area contributed by atoms with Gasteiger partial charge < -0.3 is 14.6 Å². The molecule has 0 unspecified atom stereocenters. The molecular formula is C20H18FN7O3. The molecule has 0 saturated heterocycles. The molecule has 10 nitrogen and oxygen atoms in total. The summed E-state index contributed by atoms with van der Waals surface area (Å²) >= 11 is 0. The molecular weight excluding hydrogens is 405 g/mol. The lowest BCUT2D eigenvalue weighted by atomic mass is 10.2. The SMILES string of the molecule is COc1ccc(NC(=O)CCc2nc(-c3ccc(F)cc3)no2)cc1-n1nnnc1C. The zero-order chi connectivity index (χ0) is 21.8. The van der Waals surface area contributed by atoms with Crippen LogP contribution in [0.1, 0.15) is 18.1 Å². The molecule has 0 bridgehead atoms. The van der Waals surface area contributed by atoms with Gasteiger partial charge in [-0.25, -0.2) is 4.39 Å². The quantitative estimate of drug-likeness (QED) is 0.482. The molecule has 0 aliphatic carbocycles. The van der Waals surface area contributed by atoms with Gasteiger partial charge in [-0.3, -0.25) is 4.79 Å². The van der Waals surface area contributed by atoms with Gasteiger partial charge in [0.1, 0.15) is 17.3 Å². The number of aryl methyl sites for hydroxylation is 2. The summed E-state index contributed by atoms with van der Waals surface area (Å²) in [5.41, 5.74) is 1.79. The molecule has 2 aromatic carbocycles. The minimum Gasteiger partial charge on any atom is -0.494 e. The fraction of sp³-hybridized carbons (Fsp3) is 0.200. The van der Waals surface area contributed by atoms with Crippen molar-refractivity contribution in [2.24, 2.45) is 0 Å². The first kappa shape index (κ1) is 20.1. The molecule has 4 rings (SSSR count). The Morgan fingerprint density at radius 3 is 2.74 bits per heavy atom. The van der Waals surface area contributed by atoms with Gasteiger partial charge in [-0.2, -0.15) is 9.67 Å². The largest absolute Gasteiger partial charge is 0.494 e. The number of aromatic nitrogens is 6. The molecule has 0 fully saturated rings. The number of benzene rings is 2. The highest BCUT2D eigenvalue weighted by molar-refractivity contribution is 5.91. The third kappa shape index (κ3) is 4.55. The number of amides is 1. The molecule has 0 aliphatic rings. The molecule has 0 atom stereocenters. The Labute approximate surface area is 176 Å². The third-order valence-corrected chi connectivity index (χ3v) is 4.45. The number of nitrogens with zero attached hydrogens (tertiary/aromatic N) is 6. The topological polar surface area (TPSA) is 121 Å². The average Bonchev–Trinajstić information content (AvgIpc) is 3.42. The van der Waals surface area contributed by atoms with Crippen molar-refractivity contribution in [1.29, 1.82) is 0 Å². The number of methoxy groups -OCH3 is 1. The van der Waals surface area contributed by atoms with E-state index >= 15 is 0 Å². The smallest absolute Gasteiger partial charge is 0.227 e. The normalized spacial score (nSPS) is 10.8. The van der Waals surface area contributed by atoms with Gasteiger partial charge in [0.15, 0.2) is 5.82 Å². The van der Waals surface area contributed by atoms with Crippen molar-refractivity contribution in [1.82, 2.24) is 30.3 Å². The van der Waals surface area contributed by atoms with Gasteiger partial charge >= 0.3 is 0 Å². The van der Waals surface area contributed by atoms with E-state index in [1.807, 2.05) is 0 Å². The van der Waals surface area contributed by atoms with Crippen molar-refractivity contribution in [2.45, 2.75) is 19.8 Å². The second-order valence-electron chi connectivity index (χ2n) is 6.59. The number of hydrogen-bond donors (Lipinski definition) is 1. The Kier molecular flexibility index (Phi) is 5.65. The summed E-state index contributed by atoms with van der Waals surface area (Å²) in [6.07, 6.45) is 0.394. The van der Waals surface area contributed by atoms with Gasteiger partial charge in [-0.05, 0) is 59.8 Å². The molecule has 4 aromatic rings. The summed E-state index contributed by atoms with van der Waals surface area (Å²) in [5, 5.41) is 18.1. The summed E-state index contributed by atoms with van der Waals surface area (Å²) in [6.45, 7) is 1.76. The predicted molar refractivity (Wildman–Crippen MR) is 107 cm³/mol. The molecule has 158 valence electrons. The van der Waals surface area contributed by atoms with Gasteiger partial charge in [0.05, 0.1) is 7.11 Å². The van der Waals surface area contributed by atoms with E-state index in [0.717, 1.165) is 0 Å². The highest BCUT2D eigenvalue weighted by Gasteiger charge is 2.14. The molecule has 0 spiro atoms. The summed E-state index contributed by atoms with van der Waals surface area (Å²) in [7, 11) is 1.54. The van der Waals surface area contributed by atoms with Crippen molar-refractivity contribution < 1.29 is 18.4 Å². The molecule has 0 aliphatic heterocycles. The van der Waals surface area contributed by atoms with Gasteiger partial charge in [0.25, 0.3) is 0 Å². The minimum atomic E-state index is -0.346. The van der Waals surface area contributed by atoms with Crippen LogP contribution in [-0.2, 0) is 11.2 Å². The Balaban J connectivity index is 1.40. The fourth-order valence-electron chi connectivity index (χ4n) is 2.90. The maximum atomic E-state index is 13.0. The van der Waals surface area contributed by atoms with Crippen LogP contribution in [0.5, 0.6) is 5.75 Å². The van der Waals surface area contributed by atoms with E-state index in [-0.39, 0.29) is 24.6 Å². The number of carbonyl (C=O) groups excluding carboxylic acids is 1. The first-order chi connectivity index (χ1) is 15.0. The minimum absolute atomic E-state index is 0.135. The van der Waals surface area contributed by atoms with Crippen LogP contribution in [0.25, 0.3) is 17.1 Å². The van der Waals surface area contributed by atoms with Gasteiger partial charge in [0, 0.05) is 24.1 Å². The Morgan fingerprint density at radius 1 is 1.23 bits per heavy atom. The zero-order valence-electron chi connectivity index (χ0n) is 16.7. The van der Waals surface area contributed by atoms with E-state index in [1.54, 1.807) is 44.4 Å². The maximum absolute atomic E-state index is 13.0. The monoisotopic (exact) mass is 423 g/mol. The van der Waals surface area contributed by atoms with Crippen molar-refractivity contribution >= 4 is 11.6 Å². The van der Waals surface area contributed by atoms with Crippen LogP contribution in [-0.4, -0.2) is 43.4 Å². The van der Waals surface area contributed by atoms with Crippen LogP contribution in [0, 0.1) is 12.7 Å². The number of anilines is 1.